The van der Waals surface area contributed by atoms with Gasteiger partial charge in [0.05, 0.1) is 0 Å². The van der Waals surface area contributed by atoms with Crippen LogP contribution in [0.25, 0.3) is 16.9 Å². The van der Waals surface area contributed by atoms with Crippen molar-refractivity contribution >= 4 is 11.5 Å². The summed E-state index contributed by atoms with van der Waals surface area (Å²) in [4.78, 5) is 15.5. The van der Waals surface area contributed by atoms with Crippen molar-refractivity contribution in [3.8, 4) is 11.3 Å². The second kappa shape index (κ2) is 5.09. The Morgan fingerprint density at radius 1 is 1.14 bits per heavy atom. The van der Waals surface area contributed by atoms with Gasteiger partial charge in [-0.1, -0.05) is 38.1 Å². The molecule has 0 fully saturated rings. The second-order valence-electron chi connectivity index (χ2n) is 5.23. The van der Waals surface area contributed by atoms with Gasteiger partial charge in [-0.15, -0.1) is 4.91 Å². The first kappa shape index (κ1) is 13.4. The molecule has 0 bridgehead atoms. The Morgan fingerprint density at radius 2 is 1.86 bits per heavy atom. The van der Waals surface area contributed by atoms with Crippen molar-refractivity contribution in [3.63, 3.8) is 0 Å². The van der Waals surface area contributed by atoms with Crippen molar-refractivity contribution in [1.82, 2.24) is 9.38 Å². The number of fused-ring (bicyclic) bond motifs is 1. The molecule has 0 atom stereocenters. The van der Waals surface area contributed by atoms with Crippen molar-refractivity contribution in [2.75, 3.05) is 0 Å². The number of pyridine rings is 1. The molecule has 4 nitrogen and oxygen atoms in total. The normalized spacial score (nSPS) is 11.2. The summed E-state index contributed by atoms with van der Waals surface area (Å²) in [5, 5.41) is 3.02. The molecule has 1 aromatic carbocycles. The number of rotatable bonds is 3. The van der Waals surface area contributed by atoms with E-state index < -0.39 is 5.82 Å². The van der Waals surface area contributed by atoms with E-state index in [2.05, 4.69) is 24.0 Å². The third-order valence-corrected chi connectivity index (χ3v) is 3.49. The molecule has 5 heteroatoms. The molecule has 0 unspecified atom stereocenters. The molecule has 0 amide bonds. The fourth-order valence-corrected chi connectivity index (χ4v) is 2.31. The van der Waals surface area contributed by atoms with Crippen LogP contribution in [0, 0.1) is 10.7 Å². The maximum Gasteiger partial charge on any atom is 0.209 e. The molecule has 0 N–H and O–H groups in total. The van der Waals surface area contributed by atoms with Gasteiger partial charge in [0.2, 0.25) is 5.82 Å². The highest BCUT2D eigenvalue weighted by Gasteiger charge is 2.15. The Kier molecular flexibility index (Phi) is 3.25. The van der Waals surface area contributed by atoms with E-state index in [4.69, 9.17) is 0 Å². The average molecular weight is 283 g/mol. The van der Waals surface area contributed by atoms with Crippen LogP contribution in [0.3, 0.4) is 0 Å². The Bertz CT molecular complexity index is 806. The third kappa shape index (κ3) is 2.31. The Labute approximate surface area is 121 Å². The van der Waals surface area contributed by atoms with Gasteiger partial charge in [-0.25, -0.2) is 9.37 Å². The zero-order chi connectivity index (χ0) is 15.0. The lowest BCUT2D eigenvalue weighted by Crippen LogP contribution is -1.87. The standard InChI is InChI=1S/C16H14FN3O/c1-10(2)11-3-5-12(6-4-11)15-16(19-21)20-9-13(17)7-8-14(20)18-15/h3-10H,1-2H3. The number of halogens is 1. The van der Waals surface area contributed by atoms with Crippen LogP contribution in [-0.4, -0.2) is 9.38 Å². The molecule has 3 aromatic rings. The van der Waals surface area contributed by atoms with Crippen molar-refractivity contribution in [2.45, 2.75) is 19.8 Å². The van der Waals surface area contributed by atoms with Gasteiger partial charge in [-0.2, -0.15) is 0 Å². The summed E-state index contributed by atoms with van der Waals surface area (Å²) >= 11 is 0. The molecule has 3 rings (SSSR count). The zero-order valence-electron chi connectivity index (χ0n) is 11.7. The zero-order valence-corrected chi connectivity index (χ0v) is 11.7. The van der Waals surface area contributed by atoms with Crippen molar-refractivity contribution in [2.24, 2.45) is 5.18 Å². The molecule has 0 saturated heterocycles. The highest BCUT2D eigenvalue weighted by Crippen LogP contribution is 2.31. The molecule has 0 radical (unpaired) electrons. The largest absolute Gasteiger partial charge is 0.278 e. The van der Waals surface area contributed by atoms with Crippen LogP contribution in [0.4, 0.5) is 10.2 Å². The van der Waals surface area contributed by atoms with Gasteiger partial charge in [0, 0.05) is 11.8 Å². The van der Waals surface area contributed by atoms with Crippen LogP contribution in [0.15, 0.2) is 47.8 Å². The average Bonchev–Trinajstić information content (AvgIpc) is 2.85. The third-order valence-electron chi connectivity index (χ3n) is 3.49. The first-order chi connectivity index (χ1) is 10.1. The number of nitroso groups, excluding NO2 is 1. The molecule has 106 valence electrons. The van der Waals surface area contributed by atoms with Gasteiger partial charge in [-0.3, -0.25) is 4.40 Å². The van der Waals surface area contributed by atoms with E-state index in [0.717, 1.165) is 5.56 Å². The van der Waals surface area contributed by atoms with Crippen LogP contribution in [-0.2, 0) is 0 Å². The van der Waals surface area contributed by atoms with Crippen LogP contribution in [0.1, 0.15) is 25.3 Å². The molecule has 0 aliphatic heterocycles. The Hall–Kier alpha value is -2.56. The monoisotopic (exact) mass is 283 g/mol. The van der Waals surface area contributed by atoms with E-state index in [9.17, 15) is 9.30 Å². The van der Waals surface area contributed by atoms with E-state index in [-0.39, 0.29) is 5.82 Å². The SMILES string of the molecule is CC(C)c1ccc(-c2nc3ccc(F)cn3c2N=O)cc1. The molecule has 0 saturated carbocycles. The number of nitrogens with zero attached hydrogens (tertiary/aromatic N) is 3. The quantitative estimate of drug-likeness (QED) is 0.656. The van der Waals surface area contributed by atoms with Gasteiger partial charge in [0.25, 0.3) is 0 Å². The lowest BCUT2D eigenvalue weighted by Gasteiger charge is -2.05. The summed E-state index contributed by atoms with van der Waals surface area (Å²) in [6.07, 6.45) is 1.21. The van der Waals surface area contributed by atoms with E-state index >= 15 is 0 Å². The molecule has 2 heterocycles. The number of imidazole rings is 1. The van der Waals surface area contributed by atoms with Gasteiger partial charge in [-0.05, 0) is 28.8 Å². The molecular weight excluding hydrogens is 269 g/mol. The van der Waals surface area contributed by atoms with Crippen LogP contribution in [0.5, 0.6) is 0 Å². The van der Waals surface area contributed by atoms with E-state index in [0.29, 0.717) is 17.3 Å². The van der Waals surface area contributed by atoms with Crippen molar-refractivity contribution in [1.29, 1.82) is 0 Å². The summed E-state index contributed by atoms with van der Waals surface area (Å²) < 4.78 is 14.7. The predicted octanol–water partition coefficient (Wildman–Crippen LogP) is 4.66. The van der Waals surface area contributed by atoms with Crippen molar-refractivity contribution < 1.29 is 4.39 Å². The first-order valence-corrected chi connectivity index (χ1v) is 6.71. The predicted molar refractivity (Wildman–Crippen MR) is 80.1 cm³/mol. The summed E-state index contributed by atoms with van der Waals surface area (Å²) in [6.45, 7) is 4.22. The number of benzene rings is 1. The Balaban J connectivity index is 2.17. The molecular formula is C16H14FN3O. The van der Waals surface area contributed by atoms with Gasteiger partial charge in [0.15, 0.2) is 0 Å². The minimum atomic E-state index is -0.438. The van der Waals surface area contributed by atoms with Crippen LogP contribution >= 0.6 is 0 Å². The van der Waals surface area contributed by atoms with Gasteiger partial charge >= 0.3 is 0 Å². The summed E-state index contributed by atoms with van der Waals surface area (Å²) in [5.74, 6) is 0.103. The van der Waals surface area contributed by atoms with E-state index in [1.165, 1.54) is 28.3 Å². The Morgan fingerprint density at radius 3 is 2.48 bits per heavy atom. The molecule has 0 aliphatic carbocycles. The minimum absolute atomic E-state index is 0.113. The van der Waals surface area contributed by atoms with Gasteiger partial charge in [0.1, 0.15) is 17.2 Å². The molecule has 0 spiro atoms. The highest BCUT2D eigenvalue weighted by atomic mass is 19.1. The number of hydrogen-bond acceptors (Lipinski definition) is 3. The molecule has 0 aliphatic rings. The number of hydrogen-bond donors (Lipinski definition) is 0. The lowest BCUT2D eigenvalue weighted by molar-refractivity contribution is 0.619. The van der Waals surface area contributed by atoms with Crippen molar-refractivity contribution in [3.05, 3.63) is 58.9 Å². The smallest absolute Gasteiger partial charge is 0.209 e. The van der Waals surface area contributed by atoms with Crippen LogP contribution < -0.4 is 0 Å². The maximum absolute atomic E-state index is 13.3. The highest BCUT2D eigenvalue weighted by molar-refractivity contribution is 5.74. The summed E-state index contributed by atoms with van der Waals surface area (Å²) in [7, 11) is 0. The fraction of sp³-hybridized carbons (Fsp3) is 0.188. The first-order valence-electron chi connectivity index (χ1n) is 6.71. The lowest BCUT2D eigenvalue weighted by atomic mass is 10.0. The fourth-order valence-electron chi connectivity index (χ4n) is 2.31. The summed E-state index contributed by atoms with van der Waals surface area (Å²) in [5.41, 5.74) is 2.95. The van der Waals surface area contributed by atoms with Crippen LogP contribution in [0.2, 0.25) is 0 Å². The summed E-state index contributed by atoms with van der Waals surface area (Å²) in [6, 6.07) is 10.6. The molecule has 21 heavy (non-hydrogen) atoms. The second-order valence-corrected chi connectivity index (χ2v) is 5.23. The maximum atomic E-state index is 13.3. The topological polar surface area (TPSA) is 46.7 Å². The van der Waals surface area contributed by atoms with E-state index in [1.807, 2.05) is 24.3 Å². The van der Waals surface area contributed by atoms with Gasteiger partial charge < -0.3 is 0 Å². The molecule has 2 aromatic heterocycles. The minimum Gasteiger partial charge on any atom is -0.278 e. The number of aromatic nitrogens is 2. The van der Waals surface area contributed by atoms with E-state index in [1.54, 1.807) is 0 Å².